The Morgan fingerprint density at radius 2 is 2.00 bits per heavy atom. The number of hydrogen-bond donors (Lipinski definition) is 2. The molecule has 0 aromatic carbocycles. The number of carboxylic acids is 1. The van der Waals surface area contributed by atoms with Gasteiger partial charge in [-0.25, -0.2) is 0 Å². The first-order chi connectivity index (χ1) is 9.72. The molecule has 1 rings (SSSR count). The van der Waals surface area contributed by atoms with Crippen LogP contribution in [0.15, 0.2) is 0 Å². The van der Waals surface area contributed by atoms with E-state index in [4.69, 9.17) is 5.11 Å². The van der Waals surface area contributed by atoms with Gasteiger partial charge in [-0.05, 0) is 32.1 Å². The number of piperidine rings is 1. The molecule has 0 bridgehead atoms. The molecule has 1 aliphatic rings. The molecule has 6 nitrogen and oxygen atoms in total. The molecule has 0 radical (unpaired) electrons. The predicted molar refractivity (Wildman–Crippen MR) is 82.1 cm³/mol. The summed E-state index contributed by atoms with van der Waals surface area (Å²) in [5.41, 5.74) is 0. The molecule has 1 heterocycles. The van der Waals surface area contributed by atoms with Gasteiger partial charge in [0.1, 0.15) is 0 Å². The summed E-state index contributed by atoms with van der Waals surface area (Å²) in [5, 5.41) is 9.03. The molecule has 0 saturated carbocycles. The summed E-state index contributed by atoms with van der Waals surface area (Å²) in [6.07, 6.45) is 4.01. The molecule has 7 heteroatoms. The van der Waals surface area contributed by atoms with Crippen LogP contribution in [0.25, 0.3) is 0 Å². The van der Waals surface area contributed by atoms with E-state index in [0.717, 1.165) is 19.3 Å². The molecule has 0 amide bonds. The monoisotopic (exact) mass is 320 g/mol. The van der Waals surface area contributed by atoms with Crippen molar-refractivity contribution in [3.05, 3.63) is 0 Å². The standard InChI is InChI=1S/C14H28N2O4S/c1-11(2)6-4-7-12(3)15-21(19,20)16-9-5-8-13(10-16)14(17)18/h11-13,15H,4-10H2,1-3H3,(H,17,18). The summed E-state index contributed by atoms with van der Waals surface area (Å²) in [5.74, 6) is -0.890. The van der Waals surface area contributed by atoms with E-state index in [1.165, 1.54) is 4.31 Å². The lowest BCUT2D eigenvalue weighted by Crippen LogP contribution is -2.49. The van der Waals surface area contributed by atoms with Gasteiger partial charge in [0.05, 0.1) is 5.92 Å². The molecule has 21 heavy (non-hydrogen) atoms. The highest BCUT2D eigenvalue weighted by Crippen LogP contribution is 2.19. The lowest BCUT2D eigenvalue weighted by atomic mass is 10.0. The van der Waals surface area contributed by atoms with Gasteiger partial charge in [-0.2, -0.15) is 17.4 Å². The molecule has 2 atom stereocenters. The Morgan fingerprint density at radius 3 is 2.57 bits per heavy atom. The lowest BCUT2D eigenvalue weighted by molar-refractivity contribution is -0.142. The van der Waals surface area contributed by atoms with Gasteiger partial charge in [0.2, 0.25) is 0 Å². The zero-order valence-corrected chi connectivity index (χ0v) is 14.0. The van der Waals surface area contributed by atoms with Crippen LogP contribution in [0.2, 0.25) is 0 Å². The van der Waals surface area contributed by atoms with Crippen LogP contribution in [0.5, 0.6) is 0 Å². The van der Waals surface area contributed by atoms with Gasteiger partial charge in [-0.1, -0.05) is 26.7 Å². The largest absolute Gasteiger partial charge is 0.481 e. The SMILES string of the molecule is CC(C)CCCC(C)NS(=O)(=O)N1CCCC(C(=O)O)C1. The van der Waals surface area contributed by atoms with Crippen LogP contribution in [0.1, 0.15) is 52.9 Å². The summed E-state index contributed by atoms with van der Waals surface area (Å²) in [7, 11) is -3.58. The van der Waals surface area contributed by atoms with Crippen LogP contribution >= 0.6 is 0 Å². The highest BCUT2D eigenvalue weighted by molar-refractivity contribution is 7.87. The van der Waals surface area contributed by atoms with E-state index < -0.39 is 22.1 Å². The second-order valence-electron chi connectivity index (χ2n) is 6.38. The topological polar surface area (TPSA) is 86.7 Å². The molecule has 0 aromatic heterocycles. The summed E-state index contributed by atoms with van der Waals surface area (Å²) in [6, 6.07) is -0.126. The number of hydrogen-bond acceptors (Lipinski definition) is 3. The van der Waals surface area contributed by atoms with Gasteiger partial charge >= 0.3 is 5.97 Å². The molecule has 0 aliphatic carbocycles. The average molecular weight is 320 g/mol. The van der Waals surface area contributed by atoms with Gasteiger partial charge in [0, 0.05) is 19.1 Å². The molecule has 1 aliphatic heterocycles. The predicted octanol–water partition coefficient (Wildman–Crippen LogP) is 1.83. The minimum atomic E-state index is -3.58. The number of aliphatic carboxylic acids is 1. The Labute approximate surface area is 128 Å². The van der Waals surface area contributed by atoms with E-state index in [9.17, 15) is 13.2 Å². The van der Waals surface area contributed by atoms with Crippen LogP contribution < -0.4 is 4.72 Å². The van der Waals surface area contributed by atoms with Crippen molar-refractivity contribution in [1.29, 1.82) is 0 Å². The van der Waals surface area contributed by atoms with Gasteiger partial charge in [-0.3, -0.25) is 4.79 Å². The van der Waals surface area contributed by atoms with E-state index in [0.29, 0.717) is 25.3 Å². The van der Waals surface area contributed by atoms with Crippen LogP contribution in [-0.4, -0.2) is 42.9 Å². The molecular weight excluding hydrogens is 292 g/mol. The smallest absolute Gasteiger partial charge is 0.307 e. The minimum Gasteiger partial charge on any atom is -0.481 e. The van der Waals surface area contributed by atoms with E-state index >= 15 is 0 Å². The first-order valence-electron chi connectivity index (χ1n) is 7.72. The van der Waals surface area contributed by atoms with E-state index in [1.807, 2.05) is 6.92 Å². The number of carboxylic acid groups (broad SMARTS) is 1. The van der Waals surface area contributed by atoms with Gasteiger partial charge in [-0.15, -0.1) is 0 Å². The van der Waals surface area contributed by atoms with E-state index in [-0.39, 0.29) is 12.6 Å². The van der Waals surface area contributed by atoms with Crippen LogP contribution in [0, 0.1) is 11.8 Å². The third-order valence-electron chi connectivity index (χ3n) is 3.84. The van der Waals surface area contributed by atoms with Crippen molar-refractivity contribution in [2.45, 2.75) is 58.9 Å². The molecular formula is C14H28N2O4S. The molecule has 1 saturated heterocycles. The molecule has 2 unspecified atom stereocenters. The Balaban J connectivity index is 2.50. The summed E-state index contributed by atoms with van der Waals surface area (Å²) < 4.78 is 28.5. The maximum Gasteiger partial charge on any atom is 0.307 e. The zero-order chi connectivity index (χ0) is 16.0. The van der Waals surface area contributed by atoms with Crippen LogP contribution in [-0.2, 0) is 15.0 Å². The van der Waals surface area contributed by atoms with Crippen LogP contribution in [0.4, 0.5) is 0 Å². The number of nitrogens with zero attached hydrogens (tertiary/aromatic N) is 1. The molecule has 124 valence electrons. The van der Waals surface area contributed by atoms with Crippen molar-refractivity contribution >= 4 is 16.2 Å². The van der Waals surface area contributed by atoms with Crippen molar-refractivity contribution in [1.82, 2.24) is 9.03 Å². The highest BCUT2D eigenvalue weighted by Gasteiger charge is 2.32. The van der Waals surface area contributed by atoms with Crippen molar-refractivity contribution in [3.8, 4) is 0 Å². The van der Waals surface area contributed by atoms with Gasteiger partial charge in [0.25, 0.3) is 10.2 Å². The first-order valence-corrected chi connectivity index (χ1v) is 9.16. The Kier molecular flexibility index (Phi) is 7.09. The Bertz CT molecular complexity index is 436. The Hall–Kier alpha value is -0.660. The van der Waals surface area contributed by atoms with Crippen molar-refractivity contribution in [2.75, 3.05) is 13.1 Å². The molecule has 0 spiro atoms. The second kappa shape index (κ2) is 8.10. The van der Waals surface area contributed by atoms with Gasteiger partial charge in [0.15, 0.2) is 0 Å². The summed E-state index contributed by atoms with van der Waals surface area (Å²) in [4.78, 5) is 11.0. The van der Waals surface area contributed by atoms with E-state index in [1.54, 1.807) is 0 Å². The summed E-state index contributed by atoms with van der Waals surface area (Å²) >= 11 is 0. The van der Waals surface area contributed by atoms with Gasteiger partial charge < -0.3 is 5.11 Å². The first kappa shape index (κ1) is 18.4. The second-order valence-corrected chi connectivity index (χ2v) is 8.09. The fraction of sp³-hybridized carbons (Fsp3) is 0.929. The van der Waals surface area contributed by atoms with Crippen molar-refractivity contribution < 1.29 is 18.3 Å². The normalized spacial score (nSPS) is 22.4. The van der Waals surface area contributed by atoms with Crippen molar-refractivity contribution in [2.24, 2.45) is 11.8 Å². The minimum absolute atomic E-state index is 0.0728. The third kappa shape index (κ3) is 6.32. The van der Waals surface area contributed by atoms with Crippen LogP contribution in [0.3, 0.4) is 0 Å². The lowest BCUT2D eigenvalue weighted by Gasteiger charge is -2.30. The quantitative estimate of drug-likeness (QED) is 0.714. The molecule has 0 aromatic rings. The van der Waals surface area contributed by atoms with Crippen molar-refractivity contribution in [3.63, 3.8) is 0 Å². The molecule has 2 N–H and O–H groups in total. The van der Waals surface area contributed by atoms with E-state index in [2.05, 4.69) is 18.6 Å². The third-order valence-corrected chi connectivity index (χ3v) is 5.55. The fourth-order valence-corrected chi connectivity index (χ4v) is 4.10. The zero-order valence-electron chi connectivity index (χ0n) is 13.2. The maximum absolute atomic E-state index is 12.3. The number of nitrogens with one attached hydrogen (secondary N) is 1. The number of carbonyl (C=O) groups is 1. The maximum atomic E-state index is 12.3. The highest BCUT2D eigenvalue weighted by atomic mass is 32.2. The fourth-order valence-electron chi connectivity index (χ4n) is 2.58. The molecule has 1 fully saturated rings. The average Bonchev–Trinajstić information content (AvgIpc) is 2.37. The number of rotatable bonds is 8. The Morgan fingerprint density at radius 1 is 1.33 bits per heavy atom. The summed E-state index contributed by atoms with van der Waals surface area (Å²) in [6.45, 7) is 6.63.